The van der Waals surface area contributed by atoms with Crippen molar-refractivity contribution in [2.75, 3.05) is 6.61 Å². The maximum atomic E-state index is 13.0. The van der Waals surface area contributed by atoms with Crippen LogP contribution in [0.1, 0.15) is 39.5 Å². The summed E-state index contributed by atoms with van der Waals surface area (Å²) >= 11 is 0. The molecule has 0 bridgehead atoms. The smallest absolute Gasteiger partial charge is 0.416 e. The van der Waals surface area contributed by atoms with Gasteiger partial charge in [0.05, 0.1) is 5.57 Å². The van der Waals surface area contributed by atoms with Crippen LogP contribution in [0, 0.1) is 0 Å². The summed E-state index contributed by atoms with van der Waals surface area (Å²) < 4.78 is 44.1. The Morgan fingerprint density at radius 1 is 1.43 bits per heavy atom. The highest BCUT2D eigenvalue weighted by Crippen LogP contribution is 2.40. The number of hydrogen-bond donors (Lipinski definition) is 1. The molecule has 7 heteroatoms. The van der Waals surface area contributed by atoms with Crippen LogP contribution in [0.5, 0.6) is 0 Å². The Balaban J connectivity index is 2.42. The number of allylic oxidation sites excluding steroid dienone is 1. The van der Waals surface area contributed by atoms with Crippen molar-refractivity contribution < 1.29 is 27.8 Å². The summed E-state index contributed by atoms with van der Waals surface area (Å²) in [5.74, 6) is -1.14. The third kappa shape index (κ3) is 3.54. The zero-order chi connectivity index (χ0) is 17.2. The molecule has 0 aliphatic carbocycles. The Kier molecular flexibility index (Phi) is 5.06. The van der Waals surface area contributed by atoms with Crippen LogP contribution in [0.2, 0.25) is 0 Å². The van der Waals surface area contributed by atoms with E-state index in [2.05, 4.69) is 0 Å². The van der Waals surface area contributed by atoms with Crippen molar-refractivity contribution in [2.45, 2.75) is 51.7 Å². The Bertz CT molecular complexity index is 576. The quantitative estimate of drug-likeness (QED) is 0.800. The fourth-order valence-electron chi connectivity index (χ4n) is 2.81. The first-order valence-electron chi connectivity index (χ1n) is 7.68. The first-order valence-corrected chi connectivity index (χ1v) is 7.68. The Morgan fingerprint density at radius 2 is 2.13 bits per heavy atom. The number of fused-ring (bicyclic) bond motifs is 1. The molecule has 0 aromatic carbocycles. The van der Waals surface area contributed by atoms with Gasteiger partial charge in [-0.2, -0.15) is 13.2 Å². The van der Waals surface area contributed by atoms with Crippen molar-refractivity contribution in [3.8, 4) is 0 Å². The fourth-order valence-corrected chi connectivity index (χ4v) is 2.81. The predicted molar refractivity (Wildman–Crippen MR) is 78.3 cm³/mol. The molecular formula is C16H20F3NO3. The summed E-state index contributed by atoms with van der Waals surface area (Å²) in [7, 11) is 0. The summed E-state index contributed by atoms with van der Waals surface area (Å²) in [6, 6.07) is -0.0788. The van der Waals surface area contributed by atoms with Crippen LogP contribution < -0.4 is 0 Å². The summed E-state index contributed by atoms with van der Waals surface area (Å²) in [6.07, 6.45) is 1.31. The minimum absolute atomic E-state index is 0.0788. The second-order valence-electron chi connectivity index (χ2n) is 5.62. The number of alkyl halides is 3. The number of aliphatic carboxylic acids is 1. The minimum Gasteiger partial charge on any atom is -0.487 e. The van der Waals surface area contributed by atoms with Crippen LogP contribution in [0.3, 0.4) is 0 Å². The van der Waals surface area contributed by atoms with Crippen molar-refractivity contribution in [3.05, 3.63) is 34.9 Å². The molecule has 2 aliphatic heterocycles. The molecule has 0 fully saturated rings. The van der Waals surface area contributed by atoms with Crippen molar-refractivity contribution in [1.82, 2.24) is 4.90 Å². The number of carboxylic acid groups (broad SMARTS) is 1. The first-order chi connectivity index (χ1) is 10.8. The van der Waals surface area contributed by atoms with E-state index in [1.807, 2.05) is 13.8 Å². The largest absolute Gasteiger partial charge is 0.487 e. The van der Waals surface area contributed by atoms with Crippen molar-refractivity contribution in [2.24, 2.45) is 0 Å². The number of carboxylic acids is 1. The van der Waals surface area contributed by atoms with Gasteiger partial charge in [-0.05, 0) is 18.9 Å². The summed E-state index contributed by atoms with van der Waals surface area (Å²) in [6.45, 7) is 3.39. The van der Waals surface area contributed by atoms with Crippen LogP contribution in [-0.4, -0.2) is 34.8 Å². The van der Waals surface area contributed by atoms with Crippen LogP contribution in [-0.2, 0) is 9.53 Å². The second kappa shape index (κ2) is 6.68. The first kappa shape index (κ1) is 17.4. The average Bonchev–Trinajstić information content (AvgIpc) is 2.90. The lowest BCUT2D eigenvalue weighted by Gasteiger charge is -2.33. The van der Waals surface area contributed by atoms with E-state index in [4.69, 9.17) is 4.74 Å². The molecule has 0 saturated heterocycles. The third-order valence-electron chi connectivity index (χ3n) is 4.09. The molecule has 0 radical (unpaired) electrons. The molecule has 1 atom stereocenters. The van der Waals surface area contributed by atoms with Crippen molar-refractivity contribution in [3.63, 3.8) is 0 Å². The monoisotopic (exact) mass is 331 g/mol. The molecule has 2 aliphatic rings. The lowest BCUT2D eigenvalue weighted by atomic mass is 10.00. The van der Waals surface area contributed by atoms with Crippen LogP contribution in [0.25, 0.3) is 0 Å². The predicted octanol–water partition coefficient (Wildman–Crippen LogP) is 3.97. The zero-order valence-corrected chi connectivity index (χ0v) is 13.1. The Labute approximate surface area is 132 Å². The topological polar surface area (TPSA) is 49.8 Å². The summed E-state index contributed by atoms with van der Waals surface area (Å²) in [5.41, 5.74) is -1.14. The summed E-state index contributed by atoms with van der Waals surface area (Å²) in [5, 5.41) is 9.40. The van der Waals surface area contributed by atoms with E-state index >= 15 is 0 Å². The molecule has 4 nitrogen and oxygen atoms in total. The highest BCUT2D eigenvalue weighted by molar-refractivity contribution is 5.88. The van der Waals surface area contributed by atoms with Crippen LogP contribution >= 0.6 is 0 Å². The van der Waals surface area contributed by atoms with Gasteiger partial charge in [0.15, 0.2) is 0 Å². The number of halogens is 3. The Morgan fingerprint density at radius 3 is 2.65 bits per heavy atom. The zero-order valence-electron chi connectivity index (χ0n) is 13.1. The van der Waals surface area contributed by atoms with E-state index in [1.54, 1.807) is 0 Å². The van der Waals surface area contributed by atoms with Gasteiger partial charge in [-0.15, -0.1) is 0 Å². The standard InChI is InChI=1S/C16H20F3NO3/c1-3-5-6-10(4-2)20-8-14-11(7-13(20)15(21)22)12(9-23-14)16(17,18)19/h7-8,10H,3-6,9H2,1-2H3,(H,21,22). The molecule has 0 spiro atoms. The molecule has 1 N–H and O–H groups in total. The van der Waals surface area contributed by atoms with Crippen molar-refractivity contribution in [1.29, 1.82) is 0 Å². The van der Waals surface area contributed by atoms with Gasteiger partial charge in [0, 0.05) is 17.8 Å². The van der Waals surface area contributed by atoms with E-state index in [0.29, 0.717) is 6.42 Å². The Hall–Kier alpha value is -1.92. The molecule has 0 amide bonds. The van der Waals surface area contributed by atoms with E-state index in [-0.39, 0.29) is 23.1 Å². The van der Waals surface area contributed by atoms with E-state index in [0.717, 1.165) is 25.3 Å². The molecule has 0 aromatic heterocycles. The molecule has 1 unspecified atom stereocenters. The molecule has 128 valence electrons. The lowest BCUT2D eigenvalue weighted by molar-refractivity contribution is -0.134. The fraction of sp³-hybridized carbons (Fsp3) is 0.562. The number of carbonyl (C=O) groups is 1. The van der Waals surface area contributed by atoms with Crippen molar-refractivity contribution >= 4 is 5.97 Å². The van der Waals surface area contributed by atoms with Gasteiger partial charge < -0.3 is 14.7 Å². The maximum absolute atomic E-state index is 13.0. The van der Waals surface area contributed by atoms with Gasteiger partial charge >= 0.3 is 12.1 Å². The van der Waals surface area contributed by atoms with E-state index in [9.17, 15) is 23.1 Å². The van der Waals surface area contributed by atoms with Gasteiger partial charge in [0.1, 0.15) is 18.1 Å². The van der Waals surface area contributed by atoms with Gasteiger partial charge in [-0.1, -0.05) is 26.7 Å². The van der Waals surface area contributed by atoms with Crippen LogP contribution in [0.15, 0.2) is 34.9 Å². The second-order valence-corrected chi connectivity index (χ2v) is 5.62. The highest BCUT2D eigenvalue weighted by Gasteiger charge is 2.43. The molecular weight excluding hydrogens is 311 g/mol. The highest BCUT2D eigenvalue weighted by atomic mass is 19.4. The van der Waals surface area contributed by atoms with Gasteiger partial charge in [-0.25, -0.2) is 4.79 Å². The number of ether oxygens (including phenoxy) is 1. The third-order valence-corrected chi connectivity index (χ3v) is 4.09. The van der Waals surface area contributed by atoms with Gasteiger partial charge in [0.2, 0.25) is 0 Å². The van der Waals surface area contributed by atoms with Crippen LogP contribution in [0.4, 0.5) is 13.2 Å². The molecule has 23 heavy (non-hydrogen) atoms. The maximum Gasteiger partial charge on any atom is 0.416 e. The minimum atomic E-state index is -4.53. The van der Waals surface area contributed by atoms with E-state index in [1.165, 1.54) is 11.1 Å². The average molecular weight is 331 g/mol. The normalized spacial score (nSPS) is 19.1. The number of rotatable bonds is 6. The number of hydrogen-bond acceptors (Lipinski definition) is 3. The molecule has 2 heterocycles. The SMILES string of the molecule is CCCCC(CC)N1C=C2OCC(C(F)(F)F)=C2C=C1C(=O)O. The van der Waals surface area contributed by atoms with Gasteiger partial charge in [0.25, 0.3) is 0 Å². The number of unbranched alkanes of at least 4 members (excludes halogenated alkanes) is 1. The van der Waals surface area contributed by atoms with Gasteiger partial charge in [-0.3, -0.25) is 0 Å². The molecule has 0 aromatic rings. The number of nitrogens with zero attached hydrogens (tertiary/aromatic N) is 1. The summed E-state index contributed by atoms with van der Waals surface area (Å²) in [4.78, 5) is 13.1. The molecule has 0 saturated carbocycles. The van der Waals surface area contributed by atoms with E-state index < -0.39 is 24.3 Å². The molecule has 2 rings (SSSR count). The lowest BCUT2D eigenvalue weighted by Crippen LogP contribution is -2.35.